The zero-order chi connectivity index (χ0) is 11.5. The maximum atomic E-state index is 11.9. The van der Waals surface area contributed by atoms with Crippen molar-refractivity contribution in [1.82, 2.24) is 9.62 Å². The Morgan fingerprint density at radius 2 is 2.19 bits per heavy atom. The number of halogens is 1. The Morgan fingerprint density at radius 1 is 1.56 bits per heavy atom. The molecule has 1 rings (SSSR count). The van der Waals surface area contributed by atoms with E-state index in [1.54, 1.807) is 14.0 Å². The third kappa shape index (κ3) is 4.18. The van der Waals surface area contributed by atoms with Gasteiger partial charge >= 0.3 is 0 Å². The van der Waals surface area contributed by atoms with E-state index >= 15 is 0 Å². The van der Waals surface area contributed by atoms with Gasteiger partial charge in [-0.3, -0.25) is 0 Å². The molecule has 0 radical (unpaired) electrons. The molecular weight excluding hydrogens is 252 g/mol. The number of hydrogen-bond acceptors (Lipinski definition) is 4. The summed E-state index contributed by atoms with van der Waals surface area (Å²) < 4.78 is 30.3. The van der Waals surface area contributed by atoms with Gasteiger partial charge in [-0.1, -0.05) is 0 Å². The highest BCUT2D eigenvalue weighted by Crippen LogP contribution is 2.12. The maximum Gasteiger partial charge on any atom is 0.216 e. The van der Waals surface area contributed by atoms with Crippen molar-refractivity contribution in [2.45, 2.75) is 25.5 Å². The fraction of sp³-hybridized carbons (Fsp3) is 1.00. The van der Waals surface area contributed by atoms with Crippen molar-refractivity contribution in [2.75, 3.05) is 33.0 Å². The van der Waals surface area contributed by atoms with Crippen LogP contribution in [0.5, 0.6) is 0 Å². The van der Waals surface area contributed by atoms with Crippen LogP contribution in [0.15, 0.2) is 0 Å². The molecule has 0 amide bonds. The summed E-state index contributed by atoms with van der Waals surface area (Å²) >= 11 is 0. The quantitative estimate of drug-likeness (QED) is 0.769. The minimum atomic E-state index is -3.19. The van der Waals surface area contributed by atoms with Gasteiger partial charge in [0.25, 0.3) is 0 Å². The fourth-order valence-electron chi connectivity index (χ4n) is 1.66. The van der Waals surface area contributed by atoms with Gasteiger partial charge in [-0.15, -0.1) is 12.4 Å². The maximum absolute atomic E-state index is 11.9. The molecule has 0 aromatic heterocycles. The van der Waals surface area contributed by atoms with E-state index in [1.807, 2.05) is 0 Å². The average Bonchev–Trinajstić information content (AvgIpc) is 2.68. The van der Waals surface area contributed by atoms with Crippen molar-refractivity contribution in [1.29, 1.82) is 0 Å². The van der Waals surface area contributed by atoms with E-state index in [-0.39, 0.29) is 30.3 Å². The Hall–Kier alpha value is 0.120. The molecule has 98 valence electrons. The van der Waals surface area contributed by atoms with E-state index in [0.29, 0.717) is 0 Å². The minimum Gasteiger partial charge on any atom is -0.381 e. The molecule has 7 heteroatoms. The van der Waals surface area contributed by atoms with Crippen molar-refractivity contribution >= 4 is 22.4 Å². The molecule has 1 saturated heterocycles. The Balaban J connectivity index is 0.00000225. The van der Waals surface area contributed by atoms with E-state index < -0.39 is 10.0 Å². The van der Waals surface area contributed by atoms with E-state index in [4.69, 9.17) is 4.74 Å². The van der Waals surface area contributed by atoms with Gasteiger partial charge in [-0.05, 0) is 19.9 Å². The molecule has 1 heterocycles. The zero-order valence-corrected chi connectivity index (χ0v) is 11.6. The highest BCUT2D eigenvalue weighted by Gasteiger charge is 2.29. The molecule has 1 N–H and O–H groups in total. The number of sulfonamides is 1. The van der Waals surface area contributed by atoms with Crippen LogP contribution in [0.3, 0.4) is 0 Å². The lowest BCUT2D eigenvalue weighted by Gasteiger charge is -2.24. The lowest BCUT2D eigenvalue weighted by Crippen LogP contribution is -2.41. The molecule has 2 unspecified atom stereocenters. The largest absolute Gasteiger partial charge is 0.381 e. The number of nitrogens with zero attached hydrogens (tertiary/aromatic N) is 1. The second-order valence-electron chi connectivity index (χ2n) is 3.99. The van der Waals surface area contributed by atoms with Crippen molar-refractivity contribution in [3.8, 4) is 0 Å². The first kappa shape index (κ1) is 16.1. The fourth-order valence-corrected chi connectivity index (χ4v) is 3.26. The van der Waals surface area contributed by atoms with Crippen molar-refractivity contribution < 1.29 is 13.2 Å². The number of hydrogen-bond donors (Lipinski definition) is 1. The molecule has 0 aromatic rings. The van der Waals surface area contributed by atoms with Crippen LogP contribution in [0, 0.1) is 0 Å². The van der Waals surface area contributed by atoms with Gasteiger partial charge in [0.2, 0.25) is 10.0 Å². The number of rotatable bonds is 5. The average molecular weight is 273 g/mol. The Morgan fingerprint density at radius 3 is 2.62 bits per heavy atom. The molecule has 5 nitrogen and oxygen atoms in total. The number of ether oxygens (including phenoxy) is 1. The summed E-state index contributed by atoms with van der Waals surface area (Å²) in [5, 5.41) is 3.16. The van der Waals surface area contributed by atoms with Crippen LogP contribution in [-0.4, -0.2) is 57.9 Å². The topological polar surface area (TPSA) is 58.6 Å². The summed E-state index contributed by atoms with van der Waals surface area (Å²) in [6, 6.07) is 0.0963. The van der Waals surface area contributed by atoms with Gasteiger partial charge in [0, 0.05) is 26.7 Å². The molecular formula is C9H21ClN2O3S. The van der Waals surface area contributed by atoms with Crippen molar-refractivity contribution in [3.05, 3.63) is 0 Å². The predicted molar refractivity (Wildman–Crippen MR) is 66.5 cm³/mol. The second kappa shape index (κ2) is 6.76. The van der Waals surface area contributed by atoms with Crippen LogP contribution in [0.1, 0.15) is 13.3 Å². The summed E-state index contributed by atoms with van der Waals surface area (Å²) in [5.41, 5.74) is 0. The molecule has 16 heavy (non-hydrogen) atoms. The first-order valence-corrected chi connectivity index (χ1v) is 6.77. The first-order chi connectivity index (χ1) is 6.97. The van der Waals surface area contributed by atoms with Crippen LogP contribution in [-0.2, 0) is 14.8 Å². The normalized spacial score (nSPS) is 23.1. The third-order valence-corrected chi connectivity index (χ3v) is 4.90. The lowest BCUT2D eigenvalue weighted by atomic mass is 10.3. The number of likely N-dealkylation sites (N-methyl/N-ethyl adjacent to an activating group) is 1. The van der Waals surface area contributed by atoms with Gasteiger partial charge in [0.15, 0.2) is 0 Å². The van der Waals surface area contributed by atoms with E-state index in [9.17, 15) is 8.42 Å². The molecule has 0 saturated carbocycles. The molecule has 1 fully saturated rings. The summed E-state index contributed by atoms with van der Waals surface area (Å²) in [6.45, 7) is 3.40. The van der Waals surface area contributed by atoms with E-state index in [2.05, 4.69) is 5.32 Å². The molecule has 0 aromatic carbocycles. The molecule has 1 aliphatic heterocycles. The van der Waals surface area contributed by atoms with Crippen molar-refractivity contribution in [2.24, 2.45) is 0 Å². The molecule has 0 aliphatic carbocycles. The summed E-state index contributed by atoms with van der Waals surface area (Å²) in [5.74, 6) is 0.0521. The van der Waals surface area contributed by atoms with E-state index in [1.165, 1.54) is 11.4 Å². The monoisotopic (exact) mass is 272 g/mol. The van der Waals surface area contributed by atoms with E-state index in [0.717, 1.165) is 19.5 Å². The Labute approximate surface area is 104 Å². The summed E-state index contributed by atoms with van der Waals surface area (Å²) in [7, 11) is -0.0134. The van der Waals surface area contributed by atoms with Crippen LogP contribution in [0.25, 0.3) is 0 Å². The minimum absolute atomic E-state index is 0. The zero-order valence-electron chi connectivity index (χ0n) is 9.97. The standard InChI is InChI=1S/C9H20N2O3S.ClH/c1-8(14-3)7-15(12,13)11(2)9-4-5-10-6-9;/h8-10H,4-7H2,1-3H3;1H. The first-order valence-electron chi connectivity index (χ1n) is 5.16. The summed E-state index contributed by atoms with van der Waals surface area (Å²) in [6.07, 6.45) is 0.628. The third-order valence-electron chi connectivity index (χ3n) is 2.83. The molecule has 1 aliphatic rings. The van der Waals surface area contributed by atoms with Crippen LogP contribution in [0.2, 0.25) is 0 Å². The van der Waals surface area contributed by atoms with Gasteiger partial charge in [0.1, 0.15) is 0 Å². The van der Waals surface area contributed by atoms with Gasteiger partial charge in [0.05, 0.1) is 11.9 Å². The molecule has 2 atom stereocenters. The second-order valence-corrected chi connectivity index (χ2v) is 6.06. The Bertz CT molecular complexity index is 291. The van der Waals surface area contributed by atoms with Crippen LogP contribution < -0.4 is 5.32 Å². The molecule has 0 bridgehead atoms. The summed E-state index contributed by atoms with van der Waals surface area (Å²) in [4.78, 5) is 0. The Kier molecular flexibility index (Phi) is 6.81. The van der Waals surface area contributed by atoms with Crippen molar-refractivity contribution in [3.63, 3.8) is 0 Å². The van der Waals surface area contributed by atoms with Crippen LogP contribution in [0.4, 0.5) is 0 Å². The SMILES string of the molecule is COC(C)CS(=O)(=O)N(C)C1CCNC1.Cl. The van der Waals surface area contributed by atoms with Gasteiger partial charge in [-0.25, -0.2) is 12.7 Å². The predicted octanol–water partition coefficient (Wildman–Crippen LogP) is 0.0666. The smallest absolute Gasteiger partial charge is 0.216 e. The highest BCUT2D eigenvalue weighted by molar-refractivity contribution is 7.89. The van der Waals surface area contributed by atoms with Crippen LogP contribution >= 0.6 is 12.4 Å². The highest BCUT2D eigenvalue weighted by atomic mass is 35.5. The van der Waals surface area contributed by atoms with Gasteiger partial charge < -0.3 is 10.1 Å². The molecule has 0 spiro atoms. The van der Waals surface area contributed by atoms with Gasteiger partial charge in [-0.2, -0.15) is 0 Å². The number of methoxy groups -OCH3 is 1. The number of nitrogens with one attached hydrogen (secondary N) is 1. The lowest BCUT2D eigenvalue weighted by molar-refractivity contribution is 0.135.